The monoisotopic (exact) mass is 469 g/mol. The Morgan fingerprint density at radius 1 is 1.06 bits per heavy atom. The Balaban J connectivity index is 1.52. The van der Waals surface area contributed by atoms with E-state index in [1.54, 1.807) is 18.2 Å². The number of carbonyl (C=O) groups excluding carboxylic acids is 1. The molecule has 1 heterocycles. The van der Waals surface area contributed by atoms with Crippen molar-refractivity contribution in [3.8, 4) is 17.1 Å². The number of hydrogen-bond donors (Lipinski definition) is 2. The second kappa shape index (κ2) is 8.70. The number of aromatic hydroxyl groups is 1. The lowest BCUT2D eigenvalue weighted by atomic mass is 10.1. The molecule has 1 amide bonds. The van der Waals surface area contributed by atoms with Crippen molar-refractivity contribution in [2.24, 2.45) is 5.10 Å². The number of furan rings is 1. The molecule has 10 heteroatoms. The molecule has 0 unspecified atom stereocenters. The van der Waals surface area contributed by atoms with Crippen LogP contribution in [-0.2, 0) is 0 Å². The van der Waals surface area contributed by atoms with E-state index in [4.69, 9.17) is 27.6 Å². The zero-order valence-electron chi connectivity index (χ0n) is 16.1. The van der Waals surface area contributed by atoms with Gasteiger partial charge in [0.15, 0.2) is 0 Å². The maximum absolute atomic E-state index is 12.4. The first-order valence-electron chi connectivity index (χ1n) is 9.12. The van der Waals surface area contributed by atoms with Crippen molar-refractivity contribution in [3.63, 3.8) is 0 Å². The molecule has 0 bridgehead atoms. The molecule has 0 fully saturated rings. The molecule has 3 aromatic carbocycles. The number of nitro groups is 1. The summed E-state index contributed by atoms with van der Waals surface area (Å²) in [5, 5.41) is 26.8. The minimum Gasteiger partial charge on any atom is -0.507 e. The molecule has 0 radical (unpaired) electrons. The van der Waals surface area contributed by atoms with Crippen LogP contribution in [0.1, 0.15) is 16.1 Å². The first kappa shape index (κ1) is 21.4. The summed E-state index contributed by atoms with van der Waals surface area (Å²) in [7, 11) is 0. The third-order valence-corrected chi connectivity index (χ3v) is 5.21. The molecule has 0 saturated carbocycles. The first-order chi connectivity index (χ1) is 15.3. The Hall–Kier alpha value is -3.88. The summed E-state index contributed by atoms with van der Waals surface area (Å²) in [6.07, 6.45) is 1.25. The summed E-state index contributed by atoms with van der Waals surface area (Å²) in [6.45, 7) is 0. The fraction of sp³-hybridized carbons (Fsp3) is 0. The normalized spacial score (nSPS) is 11.2. The molecular weight excluding hydrogens is 457 g/mol. The zero-order chi connectivity index (χ0) is 22.8. The second-order valence-corrected chi connectivity index (χ2v) is 7.47. The van der Waals surface area contributed by atoms with Crippen molar-refractivity contribution in [1.29, 1.82) is 0 Å². The van der Waals surface area contributed by atoms with Crippen LogP contribution in [0.3, 0.4) is 0 Å². The molecule has 2 N–H and O–H groups in total. The molecule has 0 aliphatic heterocycles. The van der Waals surface area contributed by atoms with E-state index in [9.17, 15) is 20.0 Å². The number of nitrogens with zero attached hydrogens (tertiary/aromatic N) is 2. The number of hydrogen-bond acceptors (Lipinski definition) is 6. The lowest BCUT2D eigenvalue weighted by molar-refractivity contribution is -0.384. The number of nitrogens with one attached hydrogen (secondary N) is 1. The Morgan fingerprint density at radius 3 is 2.50 bits per heavy atom. The molecule has 4 rings (SSSR count). The fourth-order valence-corrected chi connectivity index (χ4v) is 3.60. The largest absolute Gasteiger partial charge is 0.507 e. The smallest absolute Gasteiger partial charge is 0.288 e. The molecular formula is C22H13Cl2N3O5. The van der Waals surface area contributed by atoms with Gasteiger partial charge in [-0.05, 0) is 41.1 Å². The van der Waals surface area contributed by atoms with Gasteiger partial charge in [-0.25, -0.2) is 5.43 Å². The molecule has 0 atom stereocenters. The predicted molar refractivity (Wildman–Crippen MR) is 121 cm³/mol. The molecule has 8 nitrogen and oxygen atoms in total. The third kappa shape index (κ3) is 4.27. The molecule has 32 heavy (non-hydrogen) atoms. The van der Waals surface area contributed by atoms with Gasteiger partial charge in [-0.1, -0.05) is 47.5 Å². The fourth-order valence-electron chi connectivity index (χ4n) is 3.06. The van der Waals surface area contributed by atoms with Crippen molar-refractivity contribution in [3.05, 3.63) is 92.1 Å². The van der Waals surface area contributed by atoms with E-state index in [-0.39, 0.29) is 44.1 Å². The van der Waals surface area contributed by atoms with Gasteiger partial charge in [0, 0.05) is 11.6 Å². The molecule has 0 spiro atoms. The molecule has 1 aromatic heterocycles. The lowest BCUT2D eigenvalue weighted by Crippen LogP contribution is -2.17. The summed E-state index contributed by atoms with van der Waals surface area (Å²) in [4.78, 5) is 22.9. The molecule has 0 saturated heterocycles. The van der Waals surface area contributed by atoms with Gasteiger partial charge < -0.3 is 9.52 Å². The number of nitro benzene ring substituents is 1. The van der Waals surface area contributed by atoms with Crippen LogP contribution < -0.4 is 5.43 Å². The van der Waals surface area contributed by atoms with E-state index in [0.717, 1.165) is 10.8 Å². The van der Waals surface area contributed by atoms with E-state index in [0.29, 0.717) is 0 Å². The average Bonchev–Trinajstić information content (AvgIpc) is 3.21. The third-order valence-electron chi connectivity index (χ3n) is 4.59. The highest BCUT2D eigenvalue weighted by molar-refractivity contribution is 6.37. The lowest BCUT2D eigenvalue weighted by Gasteiger charge is -2.05. The Kier molecular flexibility index (Phi) is 5.81. The number of benzene rings is 3. The van der Waals surface area contributed by atoms with Crippen LogP contribution in [0.25, 0.3) is 22.1 Å². The van der Waals surface area contributed by atoms with Crippen molar-refractivity contribution < 1.29 is 19.2 Å². The summed E-state index contributed by atoms with van der Waals surface area (Å²) in [5.41, 5.74) is 2.37. The zero-order valence-corrected chi connectivity index (χ0v) is 17.6. The van der Waals surface area contributed by atoms with Gasteiger partial charge in [-0.3, -0.25) is 14.9 Å². The highest BCUT2D eigenvalue weighted by Gasteiger charge is 2.19. The Bertz CT molecular complexity index is 1400. The maximum Gasteiger partial charge on any atom is 0.288 e. The number of rotatable bonds is 5. The quantitative estimate of drug-likeness (QED) is 0.218. The van der Waals surface area contributed by atoms with Gasteiger partial charge in [-0.15, -0.1) is 0 Å². The Labute approximate surface area is 190 Å². The van der Waals surface area contributed by atoms with Crippen molar-refractivity contribution in [2.45, 2.75) is 0 Å². The number of carbonyl (C=O) groups is 1. The minimum atomic E-state index is -0.620. The number of phenols is 1. The summed E-state index contributed by atoms with van der Waals surface area (Å²) < 4.78 is 5.59. The van der Waals surface area contributed by atoms with Crippen molar-refractivity contribution in [1.82, 2.24) is 5.43 Å². The number of amides is 1. The summed E-state index contributed by atoms with van der Waals surface area (Å²) in [5.74, 6) is -0.255. The standard InChI is InChI=1S/C22H13Cl2N3O5/c23-17-10-18(24)19(27(30)31)9-15(17)21-6-5-14(32-21)11-25-26-22(29)16-7-12-3-1-2-4-13(12)8-20(16)28/h1-11,28H,(H,26,29). The second-order valence-electron chi connectivity index (χ2n) is 6.66. The van der Waals surface area contributed by atoms with Crippen LogP contribution >= 0.6 is 23.2 Å². The minimum absolute atomic E-state index is 0.0706. The van der Waals surface area contributed by atoms with E-state index in [2.05, 4.69) is 10.5 Å². The van der Waals surface area contributed by atoms with E-state index in [1.807, 2.05) is 24.3 Å². The highest BCUT2D eigenvalue weighted by atomic mass is 35.5. The number of halogens is 2. The molecule has 0 aliphatic rings. The Morgan fingerprint density at radius 2 is 1.78 bits per heavy atom. The van der Waals surface area contributed by atoms with Crippen LogP contribution in [0.2, 0.25) is 10.0 Å². The van der Waals surface area contributed by atoms with E-state index in [1.165, 1.54) is 24.4 Å². The SMILES string of the molecule is O=C(NN=Cc1ccc(-c2cc([N+](=O)[O-])c(Cl)cc2Cl)o1)c1cc2ccccc2cc1O. The number of hydrazone groups is 1. The molecule has 4 aromatic rings. The van der Waals surface area contributed by atoms with E-state index >= 15 is 0 Å². The van der Waals surface area contributed by atoms with E-state index < -0.39 is 10.8 Å². The highest BCUT2D eigenvalue weighted by Crippen LogP contribution is 2.37. The first-order valence-corrected chi connectivity index (χ1v) is 9.88. The van der Waals surface area contributed by atoms with Crippen LogP contribution in [-0.4, -0.2) is 22.2 Å². The van der Waals surface area contributed by atoms with Crippen LogP contribution in [0.15, 0.2) is 70.2 Å². The van der Waals surface area contributed by atoms with Gasteiger partial charge >= 0.3 is 0 Å². The maximum atomic E-state index is 12.4. The van der Waals surface area contributed by atoms with Gasteiger partial charge in [-0.2, -0.15) is 5.10 Å². The van der Waals surface area contributed by atoms with Crippen molar-refractivity contribution in [2.75, 3.05) is 0 Å². The van der Waals surface area contributed by atoms with Crippen LogP contribution in [0.5, 0.6) is 5.75 Å². The van der Waals surface area contributed by atoms with Gasteiger partial charge in [0.25, 0.3) is 11.6 Å². The van der Waals surface area contributed by atoms with Crippen LogP contribution in [0.4, 0.5) is 5.69 Å². The molecule has 0 aliphatic carbocycles. The van der Waals surface area contributed by atoms with Gasteiger partial charge in [0.05, 0.1) is 21.7 Å². The summed E-state index contributed by atoms with van der Waals surface area (Å²) in [6, 6.07) is 16.0. The molecule has 160 valence electrons. The topological polar surface area (TPSA) is 118 Å². The van der Waals surface area contributed by atoms with Crippen LogP contribution in [0, 0.1) is 10.1 Å². The van der Waals surface area contributed by atoms with Gasteiger partial charge in [0.2, 0.25) is 0 Å². The van der Waals surface area contributed by atoms with Crippen molar-refractivity contribution >= 4 is 51.8 Å². The average molecular weight is 470 g/mol. The summed E-state index contributed by atoms with van der Waals surface area (Å²) >= 11 is 12.0. The number of phenolic OH excluding ortho intramolecular Hbond substituents is 1. The number of fused-ring (bicyclic) bond motifs is 1. The predicted octanol–water partition coefficient (Wildman–Crippen LogP) is 5.78. The van der Waals surface area contributed by atoms with Gasteiger partial charge in [0.1, 0.15) is 22.3 Å².